The van der Waals surface area contributed by atoms with Gasteiger partial charge >= 0.3 is 0 Å². The first-order valence-corrected chi connectivity index (χ1v) is 8.25. The summed E-state index contributed by atoms with van der Waals surface area (Å²) in [6, 6.07) is 11.5. The second kappa shape index (κ2) is 7.36. The Kier molecular flexibility index (Phi) is 5.78. The van der Waals surface area contributed by atoms with Crippen molar-refractivity contribution in [3.8, 4) is 0 Å². The number of ketones is 1. The van der Waals surface area contributed by atoms with Gasteiger partial charge in [-0.2, -0.15) is 0 Å². The zero-order valence-corrected chi connectivity index (χ0v) is 14.3. The Balaban J connectivity index is 1.84. The Morgan fingerprint density at radius 2 is 2.15 bits per heavy atom. The lowest BCUT2D eigenvalue weighted by atomic mass is 10.1. The SMILES string of the molecule is CN(CCC(=O)c1cccc(Br)c1)Cc1ccc(Cl)s1. The fourth-order valence-electron chi connectivity index (χ4n) is 1.88. The van der Waals surface area contributed by atoms with E-state index in [9.17, 15) is 4.79 Å². The summed E-state index contributed by atoms with van der Waals surface area (Å²) in [5, 5.41) is 0. The fraction of sp³-hybridized carbons (Fsp3) is 0.267. The van der Waals surface area contributed by atoms with Gasteiger partial charge in [0.1, 0.15) is 0 Å². The molecule has 0 saturated carbocycles. The molecule has 0 bridgehead atoms. The van der Waals surface area contributed by atoms with E-state index in [4.69, 9.17) is 11.6 Å². The molecule has 0 radical (unpaired) electrons. The molecule has 0 saturated heterocycles. The third-order valence-electron chi connectivity index (χ3n) is 2.92. The van der Waals surface area contributed by atoms with Gasteiger partial charge < -0.3 is 4.90 Å². The first-order chi connectivity index (χ1) is 9.54. The quantitative estimate of drug-likeness (QED) is 0.674. The van der Waals surface area contributed by atoms with Gasteiger partial charge in [-0.1, -0.05) is 39.7 Å². The Bertz CT molecular complexity index is 599. The van der Waals surface area contributed by atoms with E-state index in [1.54, 1.807) is 11.3 Å². The monoisotopic (exact) mass is 371 g/mol. The topological polar surface area (TPSA) is 20.3 Å². The number of thiophene rings is 1. The summed E-state index contributed by atoms with van der Waals surface area (Å²) in [5.41, 5.74) is 0.756. The number of benzene rings is 1. The standard InChI is InChI=1S/C15H15BrClNOS/c1-18(10-13-5-6-15(17)20-13)8-7-14(19)11-3-2-4-12(16)9-11/h2-6,9H,7-8,10H2,1H3. The maximum atomic E-state index is 12.1. The molecule has 0 spiro atoms. The highest BCUT2D eigenvalue weighted by Gasteiger charge is 2.09. The van der Waals surface area contributed by atoms with E-state index in [0.29, 0.717) is 6.42 Å². The summed E-state index contributed by atoms with van der Waals surface area (Å²) in [6.07, 6.45) is 0.520. The van der Waals surface area contributed by atoms with Crippen LogP contribution in [0.25, 0.3) is 0 Å². The van der Waals surface area contributed by atoms with Gasteiger partial charge in [-0.25, -0.2) is 0 Å². The Labute approximate surface area is 136 Å². The summed E-state index contributed by atoms with van der Waals surface area (Å²) >= 11 is 10.9. The van der Waals surface area contributed by atoms with Crippen molar-refractivity contribution < 1.29 is 4.79 Å². The summed E-state index contributed by atoms with van der Waals surface area (Å²) in [6.45, 7) is 1.56. The van der Waals surface area contributed by atoms with Crippen molar-refractivity contribution >= 4 is 44.7 Å². The van der Waals surface area contributed by atoms with Crippen LogP contribution in [0.15, 0.2) is 40.9 Å². The lowest BCUT2D eigenvalue weighted by Gasteiger charge is -2.14. The predicted octanol–water partition coefficient (Wildman–Crippen LogP) is 4.87. The van der Waals surface area contributed by atoms with Crippen LogP contribution in [-0.2, 0) is 6.54 Å². The molecule has 2 rings (SSSR count). The highest BCUT2D eigenvalue weighted by atomic mass is 79.9. The first kappa shape index (κ1) is 15.7. The summed E-state index contributed by atoms with van der Waals surface area (Å²) in [5.74, 6) is 0.169. The minimum atomic E-state index is 0.169. The van der Waals surface area contributed by atoms with Crippen molar-refractivity contribution in [1.29, 1.82) is 0 Å². The van der Waals surface area contributed by atoms with Crippen LogP contribution in [-0.4, -0.2) is 24.3 Å². The number of carbonyl (C=O) groups is 1. The lowest BCUT2D eigenvalue weighted by Crippen LogP contribution is -2.21. The Morgan fingerprint density at radius 1 is 1.35 bits per heavy atom. The Morgan fingerprint density at radius 3 is 2.80 bits per heavy atom. The van der Waals surface area contributed by atoms with Crippen molar-refractivity contribution in [2.24, 2.45) is 0 Å². The molecule has 1 aromatic heterocycles. The number of hydrogen-bond acceptors (Lipinski definition) is 3. The summed E-state index contributed by atoms with van der Waals surface area (Å²) < 4.78 is 1.74. The normalized spacial score (nSPS) is 11.0. The lowest BCUT2D eigenvalue weighted by molar-refractivity contribution is 0.0968. The molecule has 0 unspecified atom stereocenters. The van der Waals surface area contributed by atoms with Gasteiger partial charge in [-0.3, -0.25) is 4.79 Å². The van der Waals surface area contributed by atoms with Gasteiger partial charge in [0, 0.05) is 34.4 Å². The van der Waals surface area contributed by atoms with E-state index in [1.165, 1.54) is 4.88 Å². The fourth-order valence-corrected chi connectivity index (χ4v) is 3.45. The minimum absolute atomic E-state index is 0.169. The molecule has 1 aromatic carbocycles. The molecule has 5 heteroatoms. The van der Waals surface area contributed by atoms with E-state index in [2.05, 4.69) is 20.8 Å². The van der Waals surface area contributed by atoms with Gasteiger partial charge in [-0.15, -0.1) is 11.3 Å². The molecule has 0 aliphatic carbocycles. The second-order valence-electron chi connectivity index (χ2n) is 4.63. The van der Waals surface area contributed by atoms with Crippen LogP contribution in [0.4, 0.5) is 0 Å². The molecule has 0 fully saturated rings. The number of rotatable bonds is 6. The average Bonchev–Trinajstić information content (AvgIpc) is 2.81. The van der Waals surface area contributed by atoms with Gasteiger partial charge in [-0.05, 0) is 31.3 Å². The molecule has 0 amide bonds. The van der Waals surface area contributed by atoms with Crippen molar-refractivity contribution in [1.82, 2.24) is 4.90 Å². The van der Waals surface area contributed by atoms with Gasteiger partial charge in [0.2, 0.25) is 0 Å². The number of Topliss-reactive ketones (excluding diaryl/α,β-unsaturated/α-hetero) is 1. The molecule has 106 valence electrons. The minimum Gasteiger partial charge on any atom is -0.301 e. The largest absolute Gasteiger partial charge is 0.301 e. The molecule has 2 aromatic rings. The Hall–Kier alpha value is -0.680. The van der Waals surface area contributed by atoms with Crippen LogP contribution in [0.5, 0.6) is 0 Å². The van der Waals surface area contributed by atoms with E-state index >= 15 is 0 Å². The van der Waals surface area contributed by atoms with Crippen LogP contribution in [0, 0.1) is 0 Å². The summed E-state index contributed by atoms with van der Waals surface area (Å²) in [7, 11) is 2.02. The van der Waals surface area contributed by atoms with Crippen molar-refractivity contribution in [3.05, 3.63) is 55.6 Å². The molecule has 0 aliphatic heterocycles. The van der Waals surface area contributed by atoms with E-state index in [0.717, 1.165) is 27.5 Å². The average molecular weight is 373 g/mol. The molecule has 20 heavy (non-hydrogen) atoms. The van der Waals surface area contributed by atoms with Crippen molar-refractivity contribution in [3.63, 3.8) is 0 Å². The van der Waals surface area contributed by atoms with Crippen molar-refractivity contribution in [2.75, 3.05) is 13.6 Å². The van der Waals surface area contributed by atoms with E-state index in [-0.39, 0.29) is 5.78 Å². The third kappa shape index (κ3) is 4.70. The molecular weight excluding hydrogens is 358 g/mol. The van der Waals surface area contributed by atoms with Crippen LogP contribution in [0.3, 0.4) is 0 Å². The van der Waals surface area contributed by atoms with Crippen LogP contribution in [0.2, 0.25) is 4.34 Å². The molecule has 0 aliphatic rings. The number of carbonyl (C=O) groups excluding carboxylic acids is 1. The van der Waals surface area contributed by atoms with Crippen LogP contribution < -0.4 is 0 Å². The maximum Gasteiger partial charge on any atom is 0.164 e. The van der Waals surface area contributed by atoms with E-state index in [1.807, 2.05) is 43.4 Å². The smallest absolute Gasteiger partial charge is 0.164 e. The zero-order chi connectivity index (χ0) is 14.5. The molecule has 0 N–H and O–H groups in total. The van der Waals surface area contributed by atoms with Gasteiger partial charge in [0.25, 0.3) is 0 Å². The molecule has 0 atom stereocenters. The number of nitrogens with zero attached hydrogens (tertiary/aromatic N) is 1. The molecular formula is C15H15BrClNOS. The molecule has 2 nitrogen and oxygen atoms in total. The van der Waals surface area contributed by atoms with Crippen LogP contribution >= 0.6 is 38.9 Å². The zero-order valence-electron chi connectivity index (χ0n) is 11.1. The maximum absolute atomic E-state index is 12.1. The highest BCUT2D eigenvalue weighted by molar-refractivity contribution is 9.10. The summed E-state index contributed by atoms with van der Waals surface area (Å²) in [4.78, 5) is 15.4. The second-order valence-corrected chi connectivity index (χ2v) is 7.34. The van der Waals surface area contributed by atoms with E-state index < -0.39 is 0 Å². The van der Waals surface area contributed by atoms with Crippen LogP contribution in [0.1, 0.15) is 21.7 Å². The third-order valence-corrected chi connectivity index (χ3v) is 4.63. The first-order valence-electron chi connectivity index (χ1n) is 6.26. The predicted molar refractivity (Wildman–Crippen MR) is 88.8 cm³/mol. The van der Waals surface area contributed by atoms with Gasteiger partial charge in [0.15, 0.2) is 5.78 Å². The number of hydrogen-bond donors (Lipinski definition) is 0. The van der Waals surface area contributed by atoms with Gasteiger partial charge in [0.05, 0.1) is 4.34 Å². The highest BCUT2D eigenvalue weighted by Crippen LogP contribution is 2.22. The number of halogens is 2. The molecule has 1 heterocycles. The van der Waals surface area contributed by atoms with Crippen molar-refractivity contribution in [2.45, 2.75) is 13.0 Å².